The predicted molar refractivity (Wildman–Crippen MR) is 113 cm³/mol. The van der Waals surface area contributed by atoms with E-state index in [0.29, 0.717) is 23.8 Å². The van der Waals surface area contributed by atoms with E-state index in [1.54, 1.807) is 7.05 Å². The molecule has 0 saturated heterocycles. The largest absolute Gasteiger partial charge is 0.364 e. The molecule has 3 N–H and O–H groups in total. The smallest absolute Gasteiger partial charge is 0.269 e. The average molecular weight is 417 g/mol. The van der Waals surface area contributed by atoms with Gasteiger partial charge in [0.25, 0.3) is 5.91 Å². The Morgan fingerprint density at radius 2 is 1.97 bits per heavy atom. The normalized spacial score (nSPS) is 18.6. The lowest BCUT2D eigenvalue weighted by atomic mass is 9.74. The third-order valence-electron chi connectivity index (χ3n) is 5.90. The average Bonchev–Trinajstić information content (AvgIpc) is 3.11. The molecule has 0 bridgehead atoms. The number of nitrogens with zero attached hydrogens (tertiary/aromatic N) is 4. The molecule has 2 aromatic heterocycles. The van der Waals surface area contributed by atoms with E-state index in [2.05, 4.69) is 41.1 Å². The van der Waals surface area contributed by atoms with Crippen molar-refractivity contribution < 1.29 is 14.1 Å². The predicted octanol–water partition coefficient (Wildman–Crippen LogP) is 2.04. The van der Waals surface area contributed by atoms with Crippen LogP contribution in [0.4, 0.5) is 0 Å². The van der Waals surface area contributed by atoms with E-state index in [1.165, 1.54) is 0 Å². The van der Waals surface area contributed by atoms with Crippen LogP contribution in [0.5, 0.6) is 0 Å². The summed E-state index contributed by atoms with van der Waals surface area (Å²) in [7, 11) is 3.65. The molecule has 2 atom stereocenters. The Morgan fingerprint density at radius 3 is 2.47 bits per heavy atom. The molecule has 30 heavy (non-hydrogen) atoms. The second-order valence-electron chi connectivity index (χ2n) is 9.22. The van der Waals surface area contributed by atoms with E-state index in [-0.39, 0.29) is 29.0 Å². The standard InChI is InChI=1S/C21H32N6O3/c1-11-15(12(2)30-25-11)19-24-17(18(22)28)14-10-26(7)9-8-13(27(14)19)16(20(29)23-6)21(3,4)5/h13,16H,8-10H2,1-7H3,(H2,22,28)(H,23,29)/t13?,16-/m0/s1. The van der Waals surface area contributed by atoms with Crippen LogP contribution in [0, 0.1) is 25.2 Å². The molecule has 2 aromatic rings. The number of nitrogens with two attached hydrogens (primary N) is 1. The number of fused-ring (bicyclic) bond motifs is 1. The van der Waals surface area contributed by atoms with Crippen molar-refractivity contribution in [3.8, 4) is 11.4 Å². The van der Waals surface area contributed by atoms with E-state index < -0.39 is 5.91 Å². The Morgan fingerprint density at radius 1 is 1.30 bits per heavy atom. The first kappa shape index (κ1) is 22.0. The number of imidazole rings is 1. The molecule has 2 amide bonds. The molecule has 9 nitrogen and oxygen atoms in total. The first-order valence-corrected chi connectivity index (χ1v) is 10.2. The molecule has 1 aliphatic heterocycles. The highest BCUT2D eigenvalue weighted by molar-refractivity contribution is 5.93. The topological polar surface area (TPSA) is 119 Å². The molecule has 0 radical (unpaired) electrons. The monoisotopic (exact) mass is 416 g/mol. The molecule has 3 heterocycles. The second kappa shape index (κ2) is 7.86. The number of carbonyl (C=O) groups excluding carboxylic acids is 2. The molecule has 0 spiro atoms. The SMILES string of the molecule is CNC(=O)[C@H](C1CCN(C)Cc2c(C(N)=O)nc(-c3c(C)noc3C)n21)C(C)(C)C. The van der Waals surface area contributed by atoms with Gasteiger partial charge >= 0.3 is 0 Å². The molecule has 1 unspecified atom stereocenters. The van der Waals surface area contributed by atoms with Crippen molar-refractivity contribution in [1.82, 2.24) is 24.9 Å². The maximum Gasteiger partial charge on any atom is 0.269 e. The van der Waals surface area contributed by atoms with E-state index >= 15 is 0 Å². The van der Waals surface area contributed by atoms with Gasteiger partial charge in [-0.15, -0.1) is 0 Å². The zero-order valence-electron chi connectivity index (χ0n) is 18.9. The van der Waals surface area contributed by atoms with Gasteiger partial charge in [-0.3, -0.25) is 9.59 Å². The summed E-state index contributed by atoms with van der Waals surface area (Å²) in [6.45, 7) is 11.1. The lowest BCUT2D eigenvalue weighted by Crippen LogP contribution is -2.42. The second-order valence-corrected chi connectivity index (χ2v) is 9.22. The molecule has 9 heteroatoms. The lowest BCUT2D eigenvalue weighted by Gasteiger charge is -2.37. The summed E-state index contributed by atoms with van der Waals surface area (Å²) in [6, 6.07) is -0.214. The maximum absolute atomic E-state index is 13.1. The first-order valence-electron chi connectivity index (χ1n) is 10.2. The molecule has 0 aromatic carbocycles. The van der Waals surface area contributed by atoms with Crippen molar-refractivity contribution in [2.45, 2.75) is 53.6 Å². The molecule has 1 aliphatic rings. The van der Waals surface area contributed by atoms with Gasteiger partial charge in [-0.2, -0.15) is 0 Å². The van der Waals surface area contributed by atoms with Crippen LogP contribution < -0.4 is 11.1 Å². The van der Waals surface area contributed by atoms with Crippen LogP contribution in [0.3, 0.4) is 0 Å². The number of rotatable bonds is 4. The number of amides is 2. The van der Waals surface area contributed by atoms with Crippen LogP contribution >= 0.6 is 0 Å². The van der Waals surface area contributed by atoms with Crippen molar-refractivity contribution in [1.29, 1.82) is 0 Å². The quantitative estimate of drug-likeness (QED) is 0.787. The zero-order valence-corrected chi connectivity index (χ0v) is 18.9. The van der Waals surface area contributed by atoms with Crippen LogP contribution in [0.15, 0.2) is 4.52 Å². The minimum Gasteiger partial charge on any atom is -0.364 e. The Hall–Kier alpha value is -2.68. The summed E-state index contributed by atoms with van der Waals surface area (Å²) < 4.78 is 7.43. The Labute approximate surface area is 177 Å². The van der Waals surface area contributed by atoms with Crippen molar-refractivity contribution in [2.24, 2.45) is 17.1 Å². The highest BCUT2D eigenvalue weighted by Crippen LogP contribution is 2.43. The van der Waals surface area contributed by atoms with Gasteiger partial charge < -0.3 is 25.0 Å². The molecule has 0 saturated carbocycles. The zero-order chi connectivity index (χ0) is 22.4. The van der Waals surface area contributed by atoms with E-state index in [9.17, 15) is 9.59 Å². The van der Waals surface area contributed by atoms with E-state index in [1.807, 2.05) is 25.5 Å². The Balaban J connectivity index is 2.36. The minimum atomic E-state index is -0.585. The van der Waals surface area contributed by atoms with Crippen molar-refractivity contribution in [3.63, 3.8) is 0 Å². The van der Waals surface area contributed by atoms with Crippen LogP contribution in [0.25, 0.3) is 11.4 Å². The minimum absolute atomic E-state index is 0.0398. The number of aromatic nitrogens is 3. The molecule has 3 rings (SSSR count). The summed E-state index contributed by atoms with van der Waals surface area (Å²) in [5.41, 5.74) is 7.77. The molecular formula is C21H32N6O3. The van der Waals surface area contributed by atoms with Crippen molar-refractivity contribution in [2.75, 3.05) is 20.6 Å². The fraction of sp³-hybridized carbons (Fsp3) is 0.619. The molecule has 0 aliphatic carbocycles. The summed E-state index contributed by atoms with van der Waals surface area (Å²) in [5, 5.41) is 6.90. The van der Waals surface area contributed by atoms with Gasteiger partial charge in [-0.1, -0.05) is 25.9 Å². The van der Waals surface area contributed by atoms with Crippen molar-refractivity contribution >= 4 is 11.8 Å². The first-order chi connectivity index (χ1) is 14.0. The summed E-state index contributed by atoms with van der Waals surface area (Å²) in [6.07, 6.45) is 0.726. The highest BCUT2D eigenvalue weighted by atomic mass is 16.5. The Kier molecular flexibility index (Phi) is 5.77. The molecule has 164 valence electrons. The highest BCUT2D eigenvalue weighted by Gasteiger charge is 2.42. The third-order valence-corrected chi connectivity index (χ3v) is 5.90. The summed E-state index contributed by atoms with van der Waals surface area (Å²) in [5.74, 6) is 0.218. The van der Waals surface area contributed by atoms with Crippen molar-refractivity contribution in [3.05, 3.63) is 22.8 Å². The van der Waals surface area contributed by atoms with Crippen LogP contribution in [0.2, 0.25) is 0 Å². The Bertz CT molecular complexity index is 949. The fourth-order valence-electron chi connectivity index (χ4n) is 4.58. The van der Waals surface area contributed by atoms with E-state index in [0.717, 1.165) is 24.2 Å². The van der Waals surface area contributed by atoms with Gasteiger partial charge in [-0.05, 0) is 32.7 Å². The van der Waals surface area contributed by atoms with Gasteiger partial charge in [-0.25, -0.2) is 4.98 Å². The molecule has 0 fully saturated rings. The molecular weight excluding hydrogens is 384 g/mol. The van der Waals surface area contributed by atoms with Gasteiger partial charge in [0, 0.05) is 26.2 Å². The number of primary amides is 1. The van der Waals surface area contributed by atoms with Crippen LogP contribution in [0.1, 0.15) is 60.9 Å². The van der Waals surface area contributed by atoms with Gasteiger partial charge in [0.15, 0.2) is 5.69 Å². The fourth-order valence-corrected chi connectivity index (χ4v) is 4.58. The number of nitrogens with one attached hydrogen (secondary N) is 1. The van der Waals surface area contributed by atoms with Gasteiger partial charge in [0.2, 0.25) is 5.91 Å². The number of hydrogen-bond acceptors (Lipinski definition) is 6. The number of aryl methyl sites for hydroxylation is 2. The van der Waals surface area contributed by atoms with Gasteiger partial charge in [0.1, 0.15) is 11.6 Å². The summed E-state index contributed by atoms with van der Waals surface area (Å²) >= 11 is 0. The maximum atomic E-state index is 13.1. The van der Waals surface area contributed by atoms with Gasteiger partial charge in [0.05, 0.1) is 22.9 Å². The number of carbonyl (C=O) groups is 2. The van der Waals surface area contributed by atoms with Crippen LogP contribution in [-0.2, 0) is 11.3 Å². The summed E-state index contributed by atoms with van der Waals surface area (Å²) in [4.78, 5) is 32.2. The third kappa shape index (κ3) is 3.74. The van der Waals surface area contributed by atoms with Crippen LogP contribution in [-0.4, -0.2) is 52.1 Å². The van der Waals surface area contributed by atoms with E-state index in [4.69, 9.17) is 10.3 Å². The lowest BCUT2D eigenvalue weighted by molar-refractivity contribution is -0.129. The number of hydrogen-bond donors (Lipinski definition) is 2.